The molecule has 7 heteroatoms. The molecule has 0 saturated carbocycles. The van der Waals surface area contributed by atoms with Crippen molar-refractivity contribution in [3.8, 4) is 17.2 Å². The average molecular weight is 358 g/mol. The summed E-state index contributed by atoms with van der Waals surface area (Å²) >= 11 is 0. The van der Waals surface area contributed by atoms with E-state index in [-0.39, 0.29) is 18.1 Å². The van der Waals surface area contributed by atoms with E-state index in [0.717, 1.165) is 11.6 Å². The number of phenols is 1. The van der Waals surface area contributed by atoms with Crippen molar-refractivity contribution in [1.29, 1.82) is 0 Å². The van der Waals surface area contributed by atoms with Gasteiger partial charge < -0.3 is 14.6 Å². The van der Waals surface area contributed by atoms with E-state index in [4.69, 9.17) is 9.47 Å². The summed E-state index contributed by atoms with van der Waals surface area (Å²) in [4.78, 5) is 12.5. The molecule has 0 fully saturated rings. The molecule has 1 aliphatic rings. The summed E-state index contributed by atoms with van der Waals surface area (Å²) in [5.74, 6) is 0.248. The number of phenolic OH excluding ortho intramolecular Hbond substituents is 1. The third kappa shape index (κ3) is 3.61. The summed E-state index contributed by atoms with van der Waals surface area (Å²) in [6.07, 6.45) is 0.606. The van der Waals surface area contributed by atoms with E-state index in [1.54, 1.807) is 25.3 Å². The predicted octanol–water partition coefficient (Wildman–Crippen LogP) is 2.73. The van der Waals surface area contributed by atoms with Crippen molar-refractivity contribution >= 4 is 11.6 Å². The van der Waals surface area contributed by atoms with Crippen molar-refractivity contribution in [3.05, 3.63) is 53.3 Å². The maximum absolute atomic E-state index is 14.0. The molecule has 0 aliphatic carbocycles. The number of benzene rings is 2. The normalized spacial score (nSPS) is 13.5. The molecule has 0 spiro atoms. The number of methoxy groups -OCH3 is 2. The largest absolute Gasteiger partial charge is 0.508 e. The molecule has 0 saturated heterocycles. The van der Waals surface area contributed by atoms with Gasteiger partial charge in [-0.05, 0) is 29.8 Å². The van der Waals surface area contributed by atoms with Crippen LogP contribution in [0.1, 0.15) is 17.5 Å². The van der Waals surface area contributed by atoms with Crippen LogP contribution < -0.4 is 9.47 Å². The summed E-state index contributed by atoms with van der Waals surface area (Å²) in [6, 6.07) is 9.18. The van der Waals surface area contributed by atoms with Gasteiger partial charge in [-0.2, -0.15) is 5.10 Å². The van der Waals surface area contributed by atoms with Crippen molar-refractivity contribution in [3.63, 3.8) is 0 Å². The topological polar surface area (TPSA) is 71.4 Å². The van der Waals surface area contributed by atoms with Crippen molar-refractivity contribution in [2.45, 2.75) is 12.8 Å². The quantitative estimate of drug-likeness (QED) is 0.892. The number of hydrogen-bond acceptors (Lipinski definition) is 5. The highest BCUT2D eigenvalue weighted by atomic mass is 19.1. The zero-order valence-corrected chi connectivity index (χ0v) is 14.5. The number of nitrogens with zero attached hydrogens (tertiary/aromatic N) is 2. The third-order valence-corrected chi connectivity index (χ3v) is 4.16. The molecule has 1 heterocycles. The predicted molar refractivity (Wildman–Crippen MR) is 94.2 cm³/mol. The van der Waals surface area contributed by atoms with Crippen LogP contribution in [0.2, 0.25) is 0 Å². The maximum Gasteiger partial charge on any atom is 0.247 e. The summed E-state index contributed by atoms with van der Waals surface area (Å²) in [5, 5.41) is 14.9. The molecule has 136 valence electrons. The number of carbonyl (C=O) groups is 1. The summed E-state index contributed by atoms with van der Waals surface area (Å²) in [6.45, 7) is 0.391. The van der Waals surface area contributed by atoms with Crippen LogP contribution in [-0.4, -0.2) is 42.5 Å². The van der Waals surface area contributed by atoms with Crippen molar-refractivity contribution in [2.24, 2.45) is 5.10 Å². The number of amides is 1. The molecule has 0 aromatic heterocycles. The lowest BCUT2D eigenvalue weighted by Crippen LogP contribution is -2.25. The number of ether oxygens (including phenoxy) is 2. The minimum Gasteiger partial charge on any atom is -0.508 e. The molecule has 6 nitrogen and oxygen atoms in total. The summed E-state index contributed by atoms with van der Waals surface area (Å²) in [5.41, 5.74) is 1.56. The van der Waals surface area contributed by atoms with Gasteiger partial charge in [-0.1, -0.05) is 6.07 Å². The first-order chi connectivity index (χ1) is 12.5. The third-order valence-electron chi connectivity index (χ3n) is 4.16. The molecule has 1 amide bonds. The number of hydrogen-bond donors (Lipinski definition) is 1. The summed E-state index contributed by atoms with van der Waals surface area (Å²) in [7, 11) is 3.08. The van der Waals surface area contributed by atoms with Gasteiger partial charge in [0, 0.05) is 18.1 Å². The first kappa shape index (κ1) is 17.7. The van der Waals surface area contributed by atoms with Crippen molar-refractivity contribution in [1.82, 2.24) is 5.01 Å². The zero-order chi connectivity index (χ0) is 18.7. The molecular weight excluding hydrogens is 339 g/mol. The van der Waals surface area contributed by atoms with Crippen molar-refractivity contribution < 1.29 is 23.8 Å². The van der Waals surface area contributed by atoms with Crippen molar-refractivity contribution in [2.75, 3.05) is 20.8 Å². The Morgan fingerprint density at radius 3 is 2.65 bits per heavy atom. The average Bonchev–Trinajstić information content (AvgIpc) is 3.11. The fourth-order valence-electron chi connectivity index (χ4n) is 2.82. The van der Waals surface area contributed by atoms with Gasteiger partial charge in [0.2, 0.25) is 5.91 Å². The Kier molecular flexibility index (Phi) is 5.06. The number of aromatic hydroxyl groups is 1. The molecule has 1 N–H and O–H groups in total. The molecule has 2 aromatic carbocycles. The van der Waals surface area contributed by atoms with Crippen LogP contribution in [-0.2, 0) is 11.2 Å². The zero-order valence-electron chi connectivity index (χ0n) is 14.5. The van der Waals surface area contributed by atoms with E-state index in [2.05, 4.69) is 5.10 Å². The Bertz CT molecular complexity index is 867. The first-order valence-corrected chi connectivity index (χ1v) is 8.09. The van der Waals surface area contributed by atoms with Crippen LogP contribution in [0.3, 0.4) is 0 Å². The number of hydrazone groups is 1. The number of halogens is 1. The standard InChI is InChI=1S/C19H19FN2O4/c1-25-17-6-3-12(9-18(17)26-2)10-19(24)22-8-7-16(21-22)14-5-4-13(23)11-15(14)20/h3-6,9,11,23H,7-8,10H2,1-2H3. The summed E-state index contributed by atoms with van der Waals surface area (Å²) < 4.78 is 24.4. The second-order valence-electron chi connectivity index (χ2n) is 5.84. The molecule has 0 atom stereocenters. The van der Waals surface area contributed by atoms with Crippen LogP contribution in [0.4, 0.5) is 4.39 Å². The van der Waals surface area contributed by atoms with E-state index in [9.17, 15) is 14.3 Å². The van der Waals surface area contributed by atoms with Gasteiger partial charge in [-0.15, -0.1) is 0 Å². The fraction of sp³-hybridized carbons (Fsp3) is 0.263. The molecule has 2 aromatic rings. The highest BCUT2D eigenvalue weighted by molar-refractivity contribution is 6.03. The second kappa shape index (κ2) is 7.43. The Morgan fingerprint density at radius 1 is 1.19 bits per heavy atom. The Labute approximate surface area is 150 Å². The molecule has 0 radical (unpaired) electrons. The van der Waals surface area contributed by atoms with Gasteiger partial charge in [0.25, 0.3) is 0 Å². The monoisotopic (exact) mass is 358 g/mol. The van der Waals surface area contributed by atoms with E-state index in [1.807, 2.05) is 0 Å². The molecule has 0 bridgehead atoms. The molecule has 0 unspecified atom stereocenters. The van der Waals surface area contributed by atoms with Crippen LogP contribution >= 0.6 is 0 Å². The fourth-order valence-corrected chi connectivity index (χ4v) is 2.82. The van der Waals surface area contributed by atoms with Crippen LogP contribution in [0.5, 0.6) is 17.2 Å². The molecule has 3 rings (SSSR count). The van der Waals surface area contributed by atoms with Gasteiger partial charge in [-0.25, -0.2) is 9.40 Å². The van der Waals surface area contributed by atoms with Crippen LogP contribution in [0, 0.1) is 5.82 Å². The second-order valence-corrected chi connectivity index (χ2v) is 5.84. The van der Waals surface area contributed by atoms with Crippen LogP contribution in [0.25, 0.3) is 0 Å². The van der Waals surface area contributed by atoms with Gasteiger partial charge in [0.1, 0.15) is 11.6 Å². The Balaban J connectivity index is 1.74. The van der Waals surface area contributed by atoms with E-state index in [1.165, 1.54) is 24.3 Å². The first-order valence-electron chi connectivity index (χ1n) is 8.09. The van der Waals surface area contributed by atoms with E-state index < -0.39 is 5.82 Å². The minimum absolute atomic E-state index is 0.147. The smallest absolute Gasteiger partial charge is 0.247 e. The van der Waals surface area contributed by atoms with Crippen LogP contribution in [0.15, 0.2) is 41.5 Å². The van der Waals surface area contributed by atoms with E-state index >= 15 is 0 Å². The van der Waals surface area contributed by atoms with Gasteiger partial charge in [0.05, 0.1) is 32.9 Å². The molecule has 1 aliphatic heterocycles. The Hall–Kier alpha value is -3.09. The lowest BCUT2D eigenvalue weighted by molar-refractivity contribution is -0.130. The number of carbonyl (C=O) groups excluding carboxylic acids is 1. The Morgan fingerprint density at radius 2 is 1.96 bits per heavy atom. The molecule has 26 heavy (non-hydrogen) atoms. The SMILES string of the molecule is COc1ccc(CC(=O)N2CCC(c3ccc(O)cc3F)=N2)cc1OC. The number of rotatable bonds is 5. The van der Waals surface area contributed by atoms with Gasteiger partial charge >= 0.3 is 0 Å². The van der Waals surface area contributed by atoms with Gasteiger partial charge in [-0.3, -0.25) is 4.79 Å². The minimum atomic E-state index is -0.557. The highest BCUT2D eigenvalue weighted by Crippen LogP contribution is 2.28. The van der Waals surface area contributed by atoms with E-state index in [0.29, 0.717) is 35.7 Å². The molecular formula is C19H19FN2O4. The lowest BCUT2D eigenvalue weighted by atomic mass is 10.1. The van der Waals surface area contributed by atoms with Gasteiger partial charge in [0.15, 0.2) is 11.5 Å². The maximum atomic E-state index is 14.0. The lowest BCUT2D eigenvalue weighted by Gasteiger charge is -2.13. The highest BCUT2D eigenvalue weighted by Gasteiger charge is 2.23.